The van der Waals surface area contributed by atoms with Crippen LogP contribution < -0.4 is 4.74 Å². The third-order valence-electron chi connectivity index (χ3n) is 4.02. The summed E-state index contributed by atoms with van der Waals surface area (Å²) >= 11 is 0. The van der Waals surface area contributed by atoms with Gasteiger partial charge in [-0.3, -0.25) is 0 Å². The van der Waals surface area contributed by atoms with Gasteiger partial charge in [0.25, 0.3) is 0 Å². The number of fused-ring (bicyclic) bond motifs is 1. The monoisotopic (exact) mass is 266 g/mol. The first kappa shape index (κ1) is 13.2. The molecule has 0 saturated heterocycles. The highest BCUT2D eigenvalue weighted by molar-refractivity contribution is 5.35. The molecule has 2 aromatic rings. The van der Waals surface area contributed by atoms with E-state index in [1.165, 1.54) is 16.7 Å². The van der Waals surface area contributed by atoms with Crippen molar-refractivity contribution in [3.63, 3.8) is 0 Å². The first-order valence-electron chi connectivity index (χ1n) is 7.36. The Morgan fingerprint density at radius 3 is 2.15 bits per heavy atom. The van der Waals surface area contributed by atoms with Crippen LogP contribution in [-0.4, -0.2) is 6.10 Å². The van der Waals surface area contributed by atoms with Crippen LogP contribution in [0.4, 0.5) is 0 Å². The fraction of sp³-hybridized carbons (Fsp3) is 0.368. The molecule has 1 nitrogen and oxygen atoms in total. The van der Waals surface area contributed by atoms with E-state index >= 15 is 0 Å². The second-order valence-corrected chi connectivity index (χ2v) is 6.69. The van der Waals surface area contributed by atoms with Crippen molar-refractivity contribution < 1.29 is 4.74 Å². The lowest BCUT2D eigenvalue weighted by atomic mass is 9.87. The number of rotatable bonds is 2. The van der Waals surface area contributed by atoms with Crippen LogP contribution in [0.3, 0.4) is 0 Å². The quantitative estimate of drug-likeness (QED) is 0.776. The van der Waals surface area contributed by atoms with Crippen LogP contribution in [0.15, 0.2) is 48.5 Å². The summed E-state index contributed by atoms with van der Waals surface area (Å²) in [5.41, 5.74) is 4.36. The van der Waals surface area contributed by atoms with Gasteiger partial charge in [-0.05, 0) is 34.2 Å². The van der Waals surface area contributed by atoms with E-state index in [2.05, 4.69) is 69.3 Å². The van der Waals surface area contributed by atoms with Crippen LogP contribution in [-0.2, 0) is 18.3 Å². The molecule has 1 aliphatic carbocycles. The molecule has 0 aromatic heterocycles. The minimum Gasteiger partial charge on any atom is -0.490 e. The van der Waals surface area contributed by atoms with Crippen LogP contribution in [0.1, 0.15) is 37.5 Å². The highest BCUT2D eigenvalue weighted by Crippen LogP contribution is 2.29. The maximum atomic E-state index is 6.19. The molecule has 0 radical (unpaired) electrons. The van der Waals surface area contributed by atoms with Gasteiger partial charge in [0.1, 0.15) is 11.9 Å². The lowest BCUT2D eigenvalue weighted by molar-refractivity contribution is 0.213. The summed E-state index contributed by atoms with van der Waals surface area (Å²) in [4.78, 5) is 0. The second-order valence-electron chi connectivity index (χ2n) is 6.69. The summed E-state index contributed by atoms with van der Waals surface area (Å²) in [7, 11) is 0. The summed E-state index contributed by atoms with van der Waals surface area (Å²) in [5.74, 6) is 0.996. The Kier molecular flexibility index (Phi) is 3.29. The molecule has 0 spiro atoms. The molecule has 0 heterocycles. The molecule has 0 bridgehead atoms. The van der Waals surface area contributed by atoms with E-state index in [0.29, 0.717) is 0 Å². The predicted octanol–water partition coefficient (Wildman–Crippen LogP) is 4.53. The largest absolute Gasteiger partial charge is 0.490 e. The summed E-state index contributed by atoms with van der Waals surface area (Å²) < 4.78 is 6.19. The molecule has 0 aliphatic heterocycles. The summed E-state index contributed by atoms with van der Waals surface area (Å²) in [6.07, 6.45) is 2.33. The summed E-state index contributed by atoms with van der Waals surface area (Å²) in [6, 6.07) is 17.2. The summed E-state index contributed by atoms with van der Waals surface area (Å²) in [6.45, 7) is 6.70. The van der Waals surface area contributed by atoms with Gasteiger partial charge in [-0.15, -0.1) is 0 Å². The zero-order valence-corrected chi connectivity index (χ0v) is 12.5. The third-order valence-corrected chi connectivity index (χ3v) is 4.02. The van der Waals surface area contributed by atoms with E-state index in [1.807, 2.05) is 0 Å². The fourth-order valence-corrected chi connectivity index (χ4v) is 2.83. The SMILES string of the molecule is CC(C)(C)c1cccc(OC2Cc3ccccc3C2)c1. The zero-order valence-electron chi connectivity index (χ0n) is 12.5. The highest BCUT2D eigenvalue weighted by atomic mass is 16.5. The van der Waals surface area contributed by atoms with Gasteiger partial charge < -0.3 is 4.74 Å². The molecule has 3 rings (SSSR count). The molecule has 0 fully saturated rings. The van der Waals surface area contributed by atoms with Crippen LogP contribution in [0.25, 0.3) is 0 Å². The Balaban J connectivity index is 1.74. The van der Waals surface area contributed by atoms with Gasteiger partial charge in [-0.2, -0.15) is 0 Å². The molecule has 20 heavy (non-hydrogen) atoms. The van der Waals surface area contributed by atoms with Crippen molar-refractivity contribution in [2.75, 3.05) is 0 Å². The van der Waals surface area contributed by atoms with Crippen molar-refractivity contribution in [2.24, 2.45) is 0 Å². The Labute approximate surface area is 121 Å². The Morgan fingerprint density at radius 2 is 1.55 bits per heavy atom. The van der Waals surface area contributed by atoms with Crippen molar-refractivity contribution in [3.8, 4) is 5.75 Å². The van der Waals surface area contributed by atoms with Gasteiger partial charge in [0.05, 0.1) is 0 Å². The molecule has 0 unspecified atom stereocenters. The maximum Gasteiger partial charge on any atom is 0.120 e. The number of ether oxygens (including phenoxy) is 1. The van der Waals surface area contributed by atoms with Crippen molar-refractivity contribution in [1.82, 2.24) is 0 Å². The molecular formula is C19H22O. The lowest BCUT2D eigenvalue weighted by Gasteiger charge is -2.21. The van der Waals surface area contributed by atoms with Crippen LogP contribution in [0.5, 0.6) is 5.75 Å². The topological polar surface area (TPSA) is 9.23 Å². The molecule has 2 aromatic carbocycles. The first-order valence-corrected chi connectivity index (χ1v) is 7.36. The molecule has 0 N–H and O–H groups in total. The van der Waals surface area contributed by atoms with Gasteiger partial charge >= 0.3 is 0 Å². The van der Waals surface area contributed by atoms with E-state index < -0.39 is 0 Å². The van der Waals surface area contributed by atoms with Gasteiger partial charge in [0.2, 0.25) is 0 Å². The number of hydrogen-bond donors (Lipinski definition) is 0. The number of benzene rings is 2. The van der Waals surface area contributed by atoms with E-state index in [4.69, 9.17) is 4.74 Å². The fourth-order valence-electron chi connectivity index (χ4n) is 2.83. The van der Waals surface area contributed by atoms with Gasteiger partial charge in [0, 0.05) is 12.8 Å². The molecule has 0 atom stereocenters. The van der Waals surface area contributed by atoms with Gasteiger partial charge in [-0.25, -0.2) is 0 Å². The molecule has 104 valence electrons. The molecule has 1 aliphatic rings. The van der Waals surface area contributed by atoms with Gasteiger partial charge in [-0.1, -0.05) is 57.2 Å². The van der Waals surface area contributed by atoms with E-state index in [9.17, 15) is 0 Å². The van der Waals surface area contributed by atoms with Gasteiger partial charge in [0.15, 0.2) is 0 Å². The molecule has 1 heteroatoms. The van der Waals surface area contributed by atoms with Crippen molar-refractivity contribution in [3.05, 3.63) is 65.2 Å². The second kappa shape index (κ2) is 4.97. The average molecular weight is 266 g/mol. The molecule has 0 saturated carbocycles. The summed E-state index contributed by atoms with van der Waals surface area (Å²) in [5, 5.41) is 0. The van der Waals surface area contributed by atoms with Crippen molar-refractivity contribution in [2.45, 2.75) is 45.1 Å². The van der Waals surface area contributed by atoms with E-state index in [1.54, 1.807) is 0 Å². The normalized spacial score (nSPS) is 15.2. The van der Waals surface area contributed by atoms with Crippen LogP contribution in [0.2, 0.25) is 0 Å². The number of hydrogen-bond acceptors (Lipinski definition) is 1. The minimum absolute atomic E-state index is 0.165. The zero-order chi connectivity index (χ0) is 14.2. The van der Waals surface area contributed by atoms with Crippen molar-refractivity contribution >= 4 is 0 Å². The lowest BCUT2D eigenvalue weighted by Crippen LogP contribution is -2.17. The molecular weight excluding hydrogens is 244 g/mol. The van der Waals surface area contributed by atoms with E-state index in [0.717, 1.165) is 18.6 Å². The Bertz CT molecular complexity index is 582. The van der Waals surface area contributed by atoms with Crippen LogP contribution in [0, 0.1) is 0 Å². The highest BCUT2D eigenvalue weighted by Gasteiger charge is 2.23. The van der Waals surface area contributed by atoms with E-state index in [-0.39, 0.29) is 11.5 Å². The predicted molar refractivity (Wildman–Crippen MR) is 83.4 cm³/mol. The average Bonchev–Trinajstić information content (AvgIpc) is 2.80. The Morgan fingerprint density at radius 1 is 0.900 bits per heavy atom. The smallest absolute Gasteiger partial charge is 0.120 e. The molecule has 0 amide bonds. The van der Waals surface area contributed by atoms with Crippen molar-refractivity contribution in [1.29, 1.82) is 0 Å². The Hall–Kier alpha value is -1.76. The minimum atomic E-state index is 0.165. The third kappa shape index (κ3) is 2.72. The standard InChI is InChI=1S/C19H22O/c1-19(2,3)16-9-6-10-17(13-16)20-18-11-14-7-4-5-8-15(14)12-18/h4-10,13,18H,11-12H2,1-3H3. The van der Waals surface area contributed by atoms with Crippen LogP contribution >= 0.6 is 0 Å². The maximum absolute atomic E-state index is 6.19. The first-order chi connectivity index (χ1) is 9.52.